The fraction of sp³-hybridized carbons (Fsp3) is 0.310. The third-order valence-electron chi connectivity index (χ3n) is 8.14. The van der Waals surface area contributed by atoms with E-state index in [1.54, 1.807) is 6.07 Å². The molecule has 4 aromatic rings. The quantitative estimate of drug-likeness (QED) is 0.403. The number of phenolic OH excluding ortho intramolecular Hbond substituents is 1. The Balaban J connectivity index is 1.45. The smallest absolute Gasteiger partial charge is 0.115 e. The van der Waals surface area contributed by atoms with E-state index in [1.165, 1.54) is 27.8 Å². The van der Waals surface area contributed by atoms with Crippen LogP contribution in [0.4, 0.5) is 0 Å². The minimum Gasteiger partial charge on any atom is -0.508 e. The fourth-order valence-corrected chi connectivity index (χ4v) is 6.81. The number of hydrogen-bond donors (Lipinski definition) is 1. The lowest BCUT2D eigenvalue weighted by Gasteiger charge is -2.51. The zero-order chi connectivity index (χ0) is 22.6. The molecular weight excluding hydrogens is 428 g/mol. The van der Waals surface area contributed by atoms with Crippen molar-refractivity contribution >= 4 is 22.5 Å². The molecule has 0 bridgehead atoms. The van der Waals surface area contributed by atoms with Crippen LogP contribution in [0.1, 0.15) is 28.8 Å². The van der Waals surface area contributed by atoms with E-state index in [4.69, 9.17) is 11.6 Å². The number of likely N-dealkylation sites (tertiary alicyclic amines) is 1. The van der Waals surface area contributed by atoms with E-state index in [9.17, 15) is 5.11 Å². The van der Waals surface area contributed by atoms with Crippen LogP contribution < -0.4 is 0 Å². The van der Waals surface area contributed by atoms with Gasteiger partial charge >= 0.3 is 0 Å². The number of rotatable bonds is 3. The van der Waals surface area contributed by atoms with Gasteiger partial charge in [0.15, 0.2) is 0 Å². The average Bonchev–Trinajstić information content (AvgIpc) is 3.10. The monoisotopic (exact) mass is 456 g/mol. The Labute approximate surface area is 200 Å². The van der Waals surface area contributed by atoms with E-state index < -0.39 is 0 Å². The molecule has 1 aliphatic heterocycles. The van der Waals surface area contributed by atoms with Crippen molar-refractivity contribution in [1.29, 1.82) is 0 Å². The van der Waals surface area contributed by atoms with E-state index in [1.807, 2.05) is 18.2 Å². The number of benzene rings is 3. The van der Waals surface area contributed by atoms with Crippen LogP contribution in [-0.2, 0) is 31.8 Å². The zero-order valence-corrected chi connectivity index (χ0v) is 19.7. The summed E-state index contributed by atoms with van der Waals surface area (Å²) in [7, 11) is 2.16. The molecule has 1 fully saturated rings. The summed E-state index contributed by atoms with van der Waals surface area (Å²) in [6, 6.07) is 25.1. The molecule has 0 spiro atoms. The number of nitrogens with zero attached hydrogens (tertiary/aromatic N) is 2. The van der Waals surface area contributed by atoms with Gasteiger partial charge in [0.05, 0.1) is 10.5 Å². The van der Waals surface area contributed by atoms with Crippen LogP contribution in [0.5, 0.6) is 5.75 Å². The molecule has 1 saturated heterocycles. The number of piperidine rings is 1. The van der Waals surface area contributed by atoms with E-state index in [0.29, 0.717) is 11.7 Å². The second-order valence-electron chi connectivity index (χ2n) is 9.88. The van der Waals surface area contributed by atoms with Gasteiger partial charge in [0.25, 0.3) is 0 Å². The summed E-state index contributed by atoms with van der Waals surface area (Å²) in [6.07, 6.45) is 3.10. The highest BCUT2D eigenvalue weighted by Crippen LogP contribution is 2.50. The molecule has 3 aromatic carbocycles. The Kier molecular flexibility index (Phi) is 5.01. The number of aryl methyl sites for hydroxylation is 1. The number of phenols is 1. The zero-order valence-electron chi connectivity index (χ0n) is 19.0. The second-order valence-corrected chi connectivity index (χ2v) is 10.3. The van der Waals surface area contributed by atoms with E-state index in [-0.39, 0.29) is 5.41 Å². The lowest BCUT2D eigenvalue weighted by molar-refractivity contribution is 0.0758. The number of aromatic hydroxyl groups is 1. The van der Waals surface area contributed by atoms with Crippen LogP contribution in [0.15, 0.2) is 72.8 Å². The van der Waals surface area contributed by atoms with Crippen molar-refractivity contribution in [1.82, 2.24) is 9.47 Å². The minimum atomic E-state index is 0.0214. The van der Waals surface area contributed by atoms with Crippen molar-refractivity contribution in [2.45, 2.75) is 31.2 Å². The van der Waals surface area contributed by atoms with Crippen molar-refractivity contribution < 1.29 is 5.11 Å². The summed E-state index contributed by atoms with van der Waals surface area (Å²) >= 11 is 6.66. The topological polar surface area (TPSA) is 28.4 Å². The Morgan fingerprint density at radius 2 is 1.85 bits per heavy atom. The molecule has 6 rings (SSSR count). The molecule has 168 valence electrons. The highest BCUT2D eigenvalue weighted by molar-refractivity contribution is 6.35. The van der Waals surface area contributed by atoms with Gasteiger partial charge in [-0.15, -0.1) is 0 Å². The lowest BCUT2D eigenvalue weighted by Crippen LogP contribution is -2.53. The standard InChI is InChI=1S/C29H29ClN2O/c1-31-27-17-29(21-9-5-10-23(33)15-21)13-14-32(18-20-7-3-2-4-8-20)19-22(29)16-25(27)24-11-6-12-26(30)28(24)31/h2-12,15,22,33H,13-14,16-19H2,1H3. The molecule has 2 unspecified atom stereocenters. The maximum Gasteiger partial charge on any atom is 0.115 e. The van der Waals surface area contributed by atoms with Crippen molar-refractivity contribution in [2.24, 2.45) is 13.0 Å². The largest absolute Gasteiger partial charge is 0.508 e. The fourth-order valence-electron chi connectivity index (χ4n) is 6.51. The summed E-state index contributed by atoms with van der Waals surface area (Å²) in [5, 5.41) is 12.5. The number of para-hydroxylation sites is 1. The molecule has 4 heteroatoms. The van der Waals surface area contributed by atoms with Crippen LogP contribution in [0.25, 0.3) is 10.9 Å². The first-order valence-corrected chi connectivity index (χ1v) is 12.2. The lowest BCUT2D eigenvalue weighted by atomic mass is 9.58. The van der Waals surface area contributed by atoms with Gasteiger partial charge in [-0.2, -0.15) is 0 Å². The van der Waals surface area contributed by atoms with Crippen LogP contribution in [-0.4, -0.2) is 27.7 Å². The molecule has 0 radical (unpaired) electrons. The summed E-state index contributed by atoms with van der Waals surface area (Å²) in [5.41, 5.74) is 6.67. The summed E-state index contributed by atoms with van der Waals surface area (Å²) in [4.78, 5) is 2.62. The molecule has 33 heavy (non-hydrogen) atoms. The summed E-state index contributed by atoms with van der Waals surface area (Å²) < 4.78 is 2.32. The maximum absolute atomic E-state index is 10.3. The average molecular weight is 457 g/mol. The maximum atomic E-state index is 10.3. The molecule has 1 aliphatic carbocycles. The summed E-state index contributed by atoms with van der Waals surface area (Å²) in [6.45, 7) is 3.10. The normalized spacial score (nSPS) is 22.8. The molecule has 0 amide bonds. The predicted octanol–water partition coefficient (Wildman–Crippen LogP) is 6.10. The Morgan fingerprint density at radius 3 is 2.67 bits per heavy atom. The molecule has 1 N–H and O–H groups in total. The Morgan fingerprint density at radius 1 is 1.03 bits per heavy atom. The Bertz CT molecular complexity index is 1330. The van der Waals surface area contributed by atoms with Crippen molar-refractivity contribution in [3.8, 4) is 5.75 Å². The number of halogens is 1. The van der Waals surface area contributed by atoms with Crippen molar-refractivity contribution in [3.63, 3.8) is 0 Å². The first-order valence-electron chi connectivity index (χ1n) is 11.9. The van der Waals surface area contributed by atoms with Gasteiger partial charge < -0.3 is 9.67 Å². The van der Waals surface area contributed by atoms with Gasteiger partial charge in [0.1, 0.15) is 5.75 Å². The summed E-state index contributed by atoms with van der Waals surface area (Å²) in [5.74, 6) is 0.840. The van der Waals surface area contributed by atoms with Gasteiger partial charge in [-0.05, 0) is 66.6 Å². The molecule has 2 heterocycles. The molecular formula is C29H29ClN2O. The van der Waals surface area contributed by atoms with E-state index in [0.717, 1.165) is 49.4 Å². The van der Waals surface area contributed by atoms with Crippen LogP contribution in [0.2, 0.25) is 5.02 Å². The van der Waals surface area contributed by atoms with Gasteiger partial charge in [-0.25, -0.2) is 0 Å². The molecule has 2 atom stereocenters. The van der Waals surface area contributed by atoms with Crippen molar-refractivity contribution in [2.75, 3.05) is 13.1 Å². The number of aromatic nitrogens is 1. The van der Waals surface area contributed by atoms with Crippen molar-refractivity contribution in [3.05, 3.63) is 100 Å². The molecule has 3 nitrogen and oxygen atoms in total. The van der Waals surface area contributed by atoms with E-state index in [2.05, 4.69) is 65.0 Å². The minimum absolute atomic E-state index is 0.0214. The number of hydrogen-bond acceptors (Lipinski definition) is 2. The second kappa shape index (κ2) is 7.93. The highest BCUT2D eigenvalue weighted by Gasteiger charge is 2.48. The van der Waals surface area contributed by atoms with Gasteiger partial charge in [-0.1, -0.05) is 66.2 Å². The Hall–Kier alpha value is -2.75. The molecule has 1 aromatic heterocycles. The van der Waals surface area contributed by atoms with Crippen LogP contribution >= 0.6 is 11.6 Å². The first kappa shape index (κ1) is 20.8. The van der Waals surface area contributed by atoms with Crippen LogP contribution in [0.3, 0.4) is 0 Å². The van der Waals surface area contributed by atoms with Gasteiger partial charge in [0, 0.05) is 36.6 Å². The third-order valence-corrected chi connectivity index (χ3v) is 8.44. The van der Waals surface area contributed by atoms with Gasteiger partial charge in [0.2, 0.25) is 0 Å². The third kappa shape index (κ3) is 3.37. The molecule has 2 aliphatic rings. The van der Waals surface area contributed by atoms with E-state index >= 15 is 0 Å². The van der Waals surface area contributed by atoms with Gasteiger partial charge in [-0.3, -0.25) is 4.90 Å². The number of fused-ring (bicyclic) bond motifs is 4. The highest BCUT2D eigenvalue weighted by atomic mass is 35.5. The predicted molar refractivity (Wildman–Crippen MR) is 135 cm³/mol. The van der Waals surface area contributed by atoms with Crippen LogP contribution in [0, 0.1) is 5.92 Å². The molecule has 0 saturated carbocycles. The first-order chi connectivity index (χ1) is 16.0. The SMILES string of the molecule is Cn1c2c(c3cccc(Cl)c31)CC1CN(Cc3ccccc3)CCC1(c1cccc(O)c1)C2.